The van der Waals surface area contributed by atoms with Crippen molar-refractivity contribution in [3.63, 3.8) is 0 Å². The fourth-order valence-electron chi connectivity index (χ4n) is 3.36. The molecule has 0 bridgehead atoms. The summed E-state index contributed by atoms with van der Waals surface area (Å²) in [5, 5.41) is 4.37. The number of nitrogens with one attached hydrogen (secondary N) is 1. The Morgan fingerprint density at radius 3 is 2.83 bits per heavy atom. The van der Waals surface area contributed by atoms with Crippen LogP contribution in [-0.4, -0.2) is 11.1 Å². The first-order valence-electron chi connectivity index (χ1n) is 7.95. The number of ether oxygens (including phenoxy) is 1. The van der Waals surface area contributed by atoms with Crippen molar-refractivity contribution in [3.05, 3.63) is 71.2 Å². The number of rotatable bonds is 4. The molecule has 118 valence electrons. The van der Waals surface area contributed by atoms with E-state index in [-0.39, 0.29) is 5.82 Å². The number of halogens is 1. The molecular weight excluding hydrogens is 291 g/mol. The molecule has 2 heterocycles. The van der Waals surface area contributed by atoms with Gasteiger partial charge in [-0.3, -0.25) is 0 Å². The van der Waals surface area contributed by atoms with Crippen LogP contribution in [0.25, 0.3) is 10.9 Å². The Kier molecular flexibility index (Phi) is 3.85. The summed E-state index contributed by atoms with van der Waals surface area (Å²) in [6, 6.07) is 15.4. The zero-order valence-electron chi connectivity index (χ0n) is 12.9. The first-order chi connectivity index (χ1) is 11.3. The van der Waals surface area contributed by atoms with Crippen LogP contribution in [0.5, 0.6) is 0 Å². The fraction of sp³-hybridized carbons (Fsp3) is 0.263. The number of hydrogen-bond donors (Lipinski definition) is 1. The Labute approximate surface area is 134 Å². The predicted molar refractivity (Wildman–Crippen MR) is 88.5 cm³/mol. The second kappa shape index (κ2) is 6.14. The summed E-state index contributed by atoms with van der Waals surface area (Å²) < 4.78 is 22.3. The minimum atomic E-state index is -0.180. The second-order valence-electron chi connectivity index (χ2n) is 5.88. The van der Waals surface area contributed by atoms with Crippen LogP contribution < -0.4 is 5.32 Å². The van der Waals surface area contributed by atoms with Gasteiger partial charge in [-0.05, 0) is 17.2 Å². The van der Waals surface area contributed by atoms with Gasteiger partial charge in [0.05, 0.1) is 12.1 Å². The maximum Gasteiger partial charge on any atom is 0.147 e. The quantitative estimate of drug-likeness (QED) is 0.797. The van der Waals surface area contributed by atoms with E-state index in [4.69, 9.17) is 4.74 Å². The predicted octanol–water partition coefficient (Wildman–Crippen LogP) is 3.60. The number of aromatic nitrogens is 1. The SMILES string of the molecule is Fc1cccc2c3c(n(COCc4ccccc4)c12)CCNC3. The lowest BCUT2D eigenvalue weighted by Crippen LogP contribution is -2.25. The molecule has 1 aliphatic heterocycles. The summed E-state index contributed by atoms with van der Waals surface area (Å²) in [5.41, 5.74) is 4.18. The number of hydrogen-bond acceptors (Lipinski definition) is 2. The van der Waals surface area contributed by atoms with Crippen molar-refractivity contribution >= 4 is 10.9 Å². The summed E-state index contributed by atoms with van der Waals surface area (Å²) in [5.74, 6) is -0.180. The van der Waals surface area contributed by atoms with Crippen molar-refractivity contribution in [1.82, 2.24) is 9.88 Å². The molecule has 3 nitrogen and oxygen atoms in total. The topological polar surface area (TPSA) is 26.2 Å². The van der Waals surface area contributed by atoms with Gasteiger partial charge in [0.25, 0.3) is 0 Å². The van der Waals surface area contributed by atoms with Gasteiger partial charge >= 0.3 is 0 Å². The Bertz CT molecular complexity index is 826. The van der Waals surface area contributed by atoms with E-state index in [1.807, 2.05) is 41.0 Å². The Balaban J connectivity index is 1.66. The largest absolute Gasteiger partial charge is 0.356 e. The Morgan fingerprint density at radius 2 is 1.96 bits per heavy atom. The minimum Gasteiger partial charge on any atom is -0.356 e. The molecule has 4 heteroatoms. The van der Waals surface area contributed by atoms with Gasteiger partial charge in [0.1, 0.15) is 12.5 Å². The molecule has 1 N–H and O–H groups in total. The van der Waals surface area contributed by atoms with Crippen molar-refractivity contribution in [2.45, 2.75) is 26.3 Å². The van der Waals surface area contributed by atoms with Crippen molar-refractivity contribution in [3.8, 4) is 0 Å². The summed E-state index contributed by atoms with van der Waals surface area (Å²) in [6.07, 6.45) is 0.901. The molecule has 1 aliphatic rings. The average Bonchev–Trinajstić information content (AvgIpc) is 2.92. The lowest BCUT2D eigenvalue weighted by atomic mass is 10.1. The third kappa shape index (κ3) is 2.64. The highest BCUT2D eigenvalue weighted by Gasteiger charge is 2.21. The molecule has 0 radical (unpaired) electrons. The molecule has 4 rings (SSSR count). The van der Waals surface area contributed by atoms with Crippen LogP contribution in [0.2, 0.25) is 0 Å². The summed E-state index contributed by atoms with van der Waals surface area (Å²) in [4.78, 5) is 0. The summed E-state index contributed by atoms with van der Waals surface area (Å²) in [6.45, 7) is 2.62. The van der Waals surface area contributed by atoms with Gasteiger partial charge < -0.3 is 14.6 Å². The van der Waals surface area contributed by atoms with Gasteiger partial charge in [-0.2, -0.15) is 0 Å². The van der Waals surface area contributed by atoms with Crippen LogP contribution in [0.1, 0.15) is 16.8 Å². The van der Waals surface area contributed by atoms with Crippen LogP contribution in [0, 0.1) is 5.82 Å². The molecule has 0 saturated carbocycles. The monoisotopic (exact) mass is 310 g/mol. The molecule has 0 spiro atoms. The second-order valence-corrected chi connectivity index (χ2v) is 5.88. The van der Waals surface area contributed by atoms with E-state index in [0.717, 1.165) is 30.5 Å². The molecule has 0 saturated heterocycles. The molecule has 2 aromatic carbocycles. The first kappa shape index (κ1) is 14.4. The van der Waals surface area contributed by atoms with Gasteiger partial charge in [0, 0.05) is 30.6 Å². The smallest absolute Gasteiger partial charge is 0.147 e. The van der Waals surface area contributed by atoms with Crippen molar-refractivity contribution in [2.24, 2.45) is 0 Å². The number of nitrogens with zero attached hydrogens (tertiary/aromatic N) is 1. The van der Waals surface area contributed by atoms with Gasteiger partial charge in [-0.25, -0.2) is 4.39 Å². The van der Waals surface area contributed by atoms with Gasteiger partial charge in [0.15, 0.2) is 0 Å². The highest BCUT2D eigenvalue weighted by Crippen LogP contribution is 2.30. The fourth-order valence-corrected chi connectivity index (χ4v) is 3.36. The highest BCUT2D eigenvalue weighted by molar-refractivity contribution is 5.86. The van der Waals surface area contributed by atoms with E-state index in [0.29, 0.717) is 18.9 Å². The van der Waals surface area contributed by atoms with Crippen molar-refractivity contribution in [1.29, 1.82) is 0 Å². The molecule has 0 aliphatic carbocycles. The van der Waals surface area contributed by atoms with E-state index in [2.05, 4.69) is 5.32 Å². The third-order valence-electron chi connectivity index (χ3n) is 4.43. The molecule has 0 atom stereocenters. The third-order valence-corrected chi connectivity index (χ3v) is 4.43. The maximum atomic E-state index is 14.4. The Morgan fingerprint density at radius 1 is 1.09 bits per heavy atom. The molecular formula is C19H19FN2O. The highest BCUT2D eigenvalue weighted by atomic mass is 19.1. The summed E-state index contributed by atoms with van der Waals surface area (Å²) in [7, 11) is 0. The molecule has 23 heavy (non-hydrogen) atoms. The Hall–Kier alpha value is -2.17. The average molecular weight is 310 g/mol. The van der Waals surface area contributed by atoms with Gasteiger partial charge in [-0.15, -0.1) is 0 Å². The van der Waals surface area contributed by atoms with E-state index in [1.54, 1.807) is 6.07 Å². The minimum absolute atomic E-state index is 0.180. The van der Waals surface area contributed by atoms with E-state index in [9.17, 15) is 4.39 Å². The van der Waals surface area contributed by atoms with Crippen LogP contribution in [0.3, 0.4) is 0 Å². The number of fused-ring (bicyclic) bond motifs is 3. The molecule has 0 fully saturated rings. The normalized spacial score (nSPS) is 14.1. The first-order valence-corrected chi connectivity index (χ1v) is 7.95. The van der Waals surface area contributed by atoms with Gasteiger partial charge in [-0.1, -0.05) is 42.5 Å². The van der Waals surface area contributed by atoms with Crippen molar-refractivity contribution in [2.75, 3.05) is 6.54 Å². The zero-order chi connectivity index (χ0) is 15.6. The van der Waals surface area contributed by atoms with Gasteiger partial charge in [0.2, 0.25) is 0 Å². The van der Waals surface area contributed by atoms with Crippen LogP contribution >= 0.6 is 0 Å². The van der Waals surface area contributed by atoms with Crippen LogP contribution in [-0.2, 0) is 31.0 Å². The lowest BCUT2D eigenvalue weighted by molar-refractivity contribution is 0.0646. The molecule has 3 aromatic rings. The van der Waals surface area contributed by atoms with E-state index >= 15 is 0 Å². The van der Waals surface area contributed by atoms with Crippen LogP contribution in [0.4, 0.5) is 4.39 Å². The number of benzene rings is 2. The summed E-state index contributed by atoms with van der Waals surface area (Å²) >= 11 is 0. The van der Waals surface area contributed by atoms with E-state index in [1.165, 1.54) is 17.3 Å². The maximum absolute atomic E-state index is 14.4. The molecule has 1 aromatic heterocycles. The molecule has 0 unspecified atom stereocenters. The standard InChI is InChI=1S/C19H19FN2O/c20-17-8-4-7-15-16-11-21-10-9-18(16)22(19(15)17)13-23-12-14-5-2-1-3-6-14/h1-8,21H,9-13H2. The zero-order valence-corrected chi connectivity index (χ0v) is 12.9. The van der Waals surface area contributed by atoms with Crippen LogP contribution in [0.15, 0.2) is 48.5 Å². The number of para-hydroxylation sites is 1. The molecule has 0 amide bonds. The van der Waals surface area contributed by atoms with Crippen molar-refractivity contribution < 1.29 is 9.13 Å². The lowest BCUT2D eigenvalue weighted by Gasteiger charge is -2.17. The van der Waals surface area contributed by atoms with E-state index < -0.39 is 0 Å².